The third-order valence-electron chi connectivity index (χ3n) is 5.56. The molecule has 1 fully saturated rings. The normalized spacial score (nSPS) is 29.8. The average molecular weight is 379 g/mol. The number of halogens is 1. The molecule has 4 heterocycles. The summed E-state index contributed by atoms with van der Waals surface area (Å²) in [7, 11) is 0. The highest BCUT2D eigenvalue weighted by molar-refractivity contribution is 7.16. The SMILES string of the molecule is Cc1ncccc1CN1CC[C@]2(C[C@@H]1C)OC[C@H](O)c1cc(Cl)sc12. The molecule has 1 spiro atoms. The molecule has 3 atom stereocenters. The van der Waals surface area contributed by atoms with Crippen LogP contribution in [0.15, 0.2) is 24.4 Å². The second-order valence-corrected chi connectivity index (χ2v) is 8.86. The van der Waals surface area contributed by atoms with Gasteiger partial charge in [0, 0.05) is 41.5 Å². The van der Waals surface area contributed by atoms with E-state index in [1.165, 1.54) is 5.56 Å². The average Bonchev–Trinajstić information content (AvgIpc) is 2.99. The largest absolute Gasteiger partial charge is 0.386 e. The van der Waals surface area contributed by atoms with Gasteiger partial charge in [0.15, 0.2) is 0 Å². The first-order valence-electron chi connectivity index (χ1n) is 8.75. The topological polar surface area (TPSA) is 45.6 Å². The lowest BCUT2D eigenvalue weighted by Crippen LogP contribution is -2.50. The van der Waals surface area contributed by atoms with Crippen molar-refractivity contribution >= 4 is 22.9 Å². The molecule has 0 saturated carbocycles. The second-order valence-electron chi connectivity index (χ2n) is 7.18. The smallest absolute Gasteiger partial charge is 0.105 e. The summed E-state index contributed by atoms with van der Waals surface area (Å²) in [4.78, 5) is 8.03. The number of likely N-dealkylation sites (tertiary alicyclic amines) is 1. The summed E-state index contributed by atoms with van der Waals surface area (Å²) in [5.41, 5.74) is 3.04. The van der Waals surface area contributed by atoms with E-state index in [0.717, 1.165) is 46.4 Å². The van der Waals surface area contributed by atoms with Crippen LogP contribution in [0.2, 0.25) is 4.34 Å². The lowest BCUT2D eigenvalue weighted by atomic mass is 9.81. The molecule has 0 radical (unpaired) electrons. The van der Waals surface area contributed by atoms with E-state index in [9.17, 15) is 5.11 Å². The van der Waals surface area contributed by atoms with Crippen molar-refractivity contribution in [2.75, 3.05) is 13.2 Å². The Morgan fingerprint density at radius 2 is 2.36 bits per heavy atom. The molecule has 134 valence electrons. The Bertz CT molecular complexity index is 781. The number of aromatic nitrogens is 1. The molecule has 2 aromatic rings. The maximum Gasteiger partial charge on any atom is 0.105 e. The van der Waals surface area contributed by atoms with Gasteiger partial charge in [-0.2, -0.15) is 0 Å². The highest BCUT2D eigenvalue weighted by Crippen LogP contribution is 2.50. The van der Waals surface area contributed by atoms with Gasteiger partial charge in [0.1, 0.15) is 11.7 Å². The molecule has 4 rings (SSSR count). The molecule has 0 bridgehead atoms. The molecule has 0 aliphatic carbocycles. The molecule has 1 saturated heterocycles. The monoisotopic (exact) mass is 378 g/mol. The van der Waals surface area contributed by atoms with Crippen molar-refractivity contribution in [1.82, 2.24) is 9.88 Å². The predicted molar refractivity (Wildman–Crippen MR) is 100.0 cm³/mol. The van der Waals surface area contributed by atoms with Crippen molar-refractivity contribution in [2.45, 2.75) is 51.0 Å². The zero-order valence-corrected chi connectivity index (χ0v) is 16.1. The van der Waals surface area contributed by atoms with Crippen molar-refractivity contribution in [2.24, 2.45) is 0 Å². The van der Waals surface area contributed by atoms with Crippen LogP contribution in [0.3, 0.4) is 0 Å². The van der Waals surface area contributed by atoms with E-state index in [4.69, 9.17) is 16.3 Å². The summed E-state index contributed by atoms with van der Waals surface area (Å²) >= 11 is 7.80. The molecule has 1 N–H and O–H groups in total. The molecule has 0 unspecified atom stereocenters. The number of aryl methyl sites for hydroxylation is 1. The van der Waals surface area contributed by atoms with E-state index in [2.05, 4.69) is 29.8 Å². The Hall–Kier alpha value is -0.980. The van der Waals surface area contributed by atoms with Gasteiger partial charge in [-0.25, -0.2) is 0 Å². The number of aliphatic hydroxyl groups is 1. The lowest BCUT2D eigenvalue weighted by molar-refractivity contribution is -0.139. The molecule has 25 heavy (non-hydrogen) atoms. The van der Waals surface area contributed by atoms with Gasteiger partial charge in [-0.15, -0.1) is 11.3 Å². The van der Waals surface area contributed by atoms with Crippen LogP contribution < -0.4 is 0 Å². The van der Waals surface area contributed by atoms with E-state index in [1.54, 1.807) is 11.3 Å². The lowest BCUT2D eigenvalue weighted by Gasteiger charge is -2.47. The number of rotatable bonds is 2. The van der Waals surface area contributed by atoms with Gasteiger partial charge in [0.2, 0.25) is 0 Å². The van der Waals surface area contributed by atoms with Gasteiger partial charge in [-0.1, -0.05) is 17.7 Å². The van der Waals surface area contributed by atoms with Crippen LogP contribution in [0.5, 0.6) is 0 Å². The third-order valence-corrected chi connectivity index (χ3v) is 7.03. The maximum atomic E-state index is 10.2. The van der Waals surface area contributed by atoms with Gasteiger partial charge >= 0.3 is 0 Å². The summed E-state index contributed by atoms with van der Waals surface area (Å²) in [6, 6.07) is 6.46. The number of pyridine rings is 1. The minimum atomic E-state index is -0.559. The van der Waals surface area contributed by atoms with E-state index in [0.29, 0.717) is 12.6 Å². The molecule has 0 amide bonds. The molecule has 2 aromatic heterocycles. The molecular formula is C19H23ClN2O2S. The molecule has 6 heteroatoms. The van der Waals surface area contributed by atoms with E-state index in [1.807, 2.05) is 18.3 Å². The first-order chi connectivity index (χ1) is 12.0. The van der Waals surface area contributed by atoms with Crippen LogP contribution in [0.25, 0.3) is 0 Å². The van der Waals surface area contributed by atoms with Crippen LogP contribution in [0.1, 0.15) is 47.6 Å². The molecule has 2 aliphatic rings. The fraction of sp³-hybridized carbons (Fsp3) is 0.526. The first kappa shape index (κ1) is 17.4. The van der Waals surface area contributed by atoms with Crippen molar-refractivity contribution in [3.63, 3.8) is 0 Å². The Kier molecular flexibility index (Phi) is 4.63. The van der Waals surface area contributed by atoms with Gasteiger partial charge in [0.05, 0.1) is 10.9 Å². The summed E-state index contributed by atoms with van der Waals surface area (Å²) < 4.78 is 6.95. The zero-order valence-electron chi connectivity index (χ0n) is 14.5. The summed E-state index contributed by atoms with van der Waals surface area (Å²) in [5.74, 6) is 0. The van der Waals surface area contributed by atoms with Crippen LogP contribution in [-0.2, 0) is 16.9 Å². The molecular weight excluding hydrogens is 356 g/mol. The van der Waals surface area contributed by atoms with Gasteiger partial charge in [0.25, 0.3) is 0 Å². The first-order valence-corrected chi connectivity index (χ1v) is 9.94. The minimum Gasteiger partial charge on any atom is -0.386 e. The number of ether oxygens (including phenoxy) is 1. The number of hydrogen-bond acceptors (Lipinski definition) is 5. The Balaban J connectivity index is 1.55. The Morgan fingerprint density at radius 1 is 1.52 bits per heavy atom. The van der Waals surface area contributed by atoms with Gasteiger partial charge in [-0.05, 0) is 44.4 Å². The Labute approximate surface area is 157 Å². The van der Waals surface area contributed by atoms with Gasteiger partial charge in [-0.3, -0.25) is 9.88 Å². The highest BCUT2D eigenvalue weighted by atomic mass is 35.5. The summed E-state index contributed by atoms with van der Waals surface area (Å²) in [5, 5.41) is 10.2. The number of aliphatic hydroxyl groups excluding tert-OH is 1. The minimum absolute atomic E-state index is 0.299. The summed E-state index contributed by atoms with van der Waals surface area (Å²) in [6.45, 7) is 6.56. The van der Waals surface area contributed by atoms with Crippen LogP contribution in [-0.4, -0.2) is 34.2 Å². The van der Waals surface area contributed by atoms with Crippen LogP contribution >= 0.6 is 22.9 Å². The fourth-order valence-electron chi connectivity index (χ4n) is 4.10. The molecule has 0 aromatic carbocycles. The predicted octanol–water partition coefficient (Wildman–Crippen LogP) is 4.05. The van der Waals surface area contributed by atoms with E-state index < -0.39 is 6.10 Å². The standard InChI is InChI=1S/C19H23ClN2O2S/c1-12-9-19(18-15(8-17(20)25-18)16(23)11-24-19)5-7-22(12)10-14-4-3-6-21-13(14)2/h3-4,6,8,12,16,23H,5,7,9-11H2,1-2H3/t12-,16-,19+/m0/s1. The molecule has 2 aliphatic heterocycles. The van der Waals surface area contributed by atoms with Crippen molar-refractivity contribution in [3.8, 4) is 0 Å². The maximum absolute atomic E-state index is 10.2. The fourth-order valence-corrected chi connectivity index (χ4v) is 5.57. The third kappa shape index (κ3) is 3.13. The number of hydrogen-bond donors (Lipinski definition) is 1. The van der Waals surface area contributed by atoms with Crippen molar-refractivity contribution in [1.29, 1.82) is 0 Å². The number of fused-ring (bicyclic) bond motifs is 2. The highest BCUT2D eigenvalue weighted by Gasteiger charge is 2.46. The van der Waals surface area contributed by atoms with Crippen LogP contribution in [0, 0.1) is 6.92 Å². The quantitative estimate of drug-likeness (QED) is 0.856. The Morgan fingerprint density at radius 3 is 3.12 bits per heavy atom. The summed E-state index contributed by atoms with van der Waals surface area (Å²) in [6.07, 6.45) is 3.13. The number of thiophene rings is 1. The van der Waals surface area contributed by atoms with Crippen molar-refractivity contribution in [3.05, 3.63) is 50.4 Å². The van der Waals surface area contributed by atoms with E-state index >= 15 is 0 Å². The number of piperidine rings is 1. The van der Waals surface area contributed by atoms with Crippen molar-refractivity contribution < 1.29 is 9.84 Å². The zero-order chi connectivity index (χ0) is 17.6. The van der Waals surface area contributed by atoms with Gasteiger partial charge < -0.3 is 9.84 Å². The molecule has 4 nitrogen and oxygen atoms in total. The number of nitrogens with zero attached hydrogens (tertiary/aromatic N) is 2. The van der Waals surface area contributed by atoms with Crippen LogP contribution in [0.4, 0.5) is 0 Å². The second kappa shape index (κ2) is 6.63. The van der Waals surface area contributed by atoms with E-state index in [-0.39, 0.29) is 5.60 Å².